The molecule has 1 aliphatic heterocycles. The van der Waals surface area contributed by atoms with Crippen molar-refractivity contribution in [3.05, 3.63) is 0 Å². The fourth-order valence-corrected chi connectivity index (χ4v) is 3.64. The highest BCUT2D eigenvalue weighted by atomic mass is 32.2. The third kappa shape index (κ3) is 1.40. The van der Waals surface area contributed by atoms with E-state index in [0.717, 1.165) is 0 Å². The van der Waals surface area contributed by atoms with Crippen molar-refractivity contribution in [3.63, 3.8) is 0 Å². The third-order valence-corrected chi connectivity index (χ3v) is 4.26. The second kappa shape index (κ2) is 2.43. The Hall–Kier alpha value is -0.130. The minimum absolute atomic E-state index is 0.212. The number of rotatable bonds is 2. The second-order valence-electron chi connectivity index (χ2n) is 3.36. The van der Waals surface area contributed by atoms with Crippen molar-refractivity contribution in [3.8, 4) is 0 Å². The summed E-state index contributed by atoms with van der Waals surface area (Å²) >= 11 is 0. The van der Waals surface area contributed by atoms with Crippen LogP contribution in [0.1, 0.15) is 0 Å². The minimum Gasteiger partial charge on any atom is -0.329 e. The monoisotopic (exact) mass is 178 g/mol. The van der Waals surface area contributed by atoms with Gasteiger partial charge in [-0.1, -0.05) is 0 Å². The summed E-state index contributed by atoms with van der Waals surface area (Å²) in [6.07, 6.45) is 0. The Balaban J connectivity index is 2.72. The molecule has 0 amide bonds. The summed E-state index contributed by atoms with van der Waals surface area (Å²) in [4.78, 5) is 1.90. The summed E-state index contributed by atoms with van der Waals surface area (Å²) in [5.41, 5.74) is 5.21. The number of hydrogen-bond acceptors (Lipinski definition) is 4. The quantitative estimate of drug-likeness (QED) is 0.569. The Morgan fingerprint density at radius 2 is 1.91 bits per heavy atom. The van der Waals surface area contributed by atoms with Crippen LogP contribution in [-0.2, 0) is 9.84 Å². The zero-order chi connectivity index (χ0) is 8.70. The molecule has 0 aromatic rings. The van der Waals surface area contributed by atoms with Crippen LogP contribution in [-0.4, -0.2) is 51.0 Å². The molecule has 1 fully saturated rings. The first-order chi connectivity index (χ1) is 4.92. The maximum atomic E-state index is 10.9. The van der Waals surface area contributed by atoms with Crippen LogP contribution in [0.25, 0.3) is 0 Å². The van der Waals surface area contributed by atoms with Crippen molar-refractivity contribution in [2.24, 2.45) is 5.73 Å². The lowest BCUT2D eigenvalue weighted by molar-refractivity contribution is 0.191. The van der Waals surface area contributed by atoms with Crippen molar-refractivity contribution in [2.45, 2.75) is 5.54 Å². The van der Waals surface area contributed by atoms with E-state index in [9.17, 15) is 8.42 Å². The second-order valence-corrected chi connectivity index (χ2v) is 5.42. The van der Waals surface area contributed by atoms with E-state index in [1.54, 1.807) is 0 Å². The van der Waals surface area contributed by atoms with Gasteiger partial charge in [0.05, 0.1) is 17.0 Å². The molecule has 4 nitrogen and oxygen atoms in total. The summed E-state index contributed by atoms with van der Waals surface area (Å²) in [6, 6.07) is 0. The summed E-state index contributed by atoms with van der Waals surface area (Å²) in [5, 5.41) is 0. The third-order valence-electron chi connectivity index (χ3n) is 2.31. The topological polar surface area (TPSA) is 63.4 Å². The molecule has 0 aromatic carbocycles. The smallest absolute Gasteiger partial charge is 0.154 e. The van der Waals surface area contributed by atoms with Crippen LogP contribution in [0.3, 0.4) is 0 Å². The van der Waals surface area contributed by atoms with Gasteiger partial charge >= 0.3 is 0 Å². The van der Waals surface area contributed by atoms with Crippen LogP contribution in [0.15, 0.2) is 0 Å². The molecule has 0 bridgehead atoms. The van der Waals surface area contributed by atoms with Crippen molar-refractivity contribution in [2.75, 3.05) is 32.1 Å². The van der Waals surface area contributed by atoms with Gasteiger partial charge in [-0.3, -0.25) is 0 Å². The van der Waals surface area contributed by atoms with Gasteiger partial charge in [0, 0.05) is 6.54 Å². The van der Waals surface area contributed by atoms with E-state index in [1.165, 1.54) is 0 Å². The number of nitrogens with zero attached hydrogens (tertiary/aromatic N) is 1. The maximum absolute atomic E-state index is 10.9. The number of sulfone groups is 1. The van der Waals surface area contributed by atoms with Gasteiger partial charge in [0.15, 0.2) is 9.84 Å². The lowest BCUT2D eigenvalue weighted by Gasteiger charge is -2.45. The molecule has 0 aromatic heterocycles. The first kappa shape index (κ1) is 8.96. The van der Waals surface area contributed by atoms with Gasteiger partial charge in [-0.05, 0) is 14.1 Å². The molecule has 5 heteroatoms. The van der Waals surface area contributed by atoms with Gasteiger partial charge in [0.1, 0.15) is 0 Å². The number of nitrogens with two attached hydrogens (primary N) is 1. The molecule has 2 N–H and O–H groups in total. The first-order valence-corrected chi connectivity index (χ1v) is 5.32. The lowest BCUT2D eigenvalue weighted by Crippen LogP contribution is -2.67. The highest BCUT2D eigenvalue weighted by Gasteiger charge is 2.48. The van der Waals surface area contributed by atoms with Gasteiger partial charge in [-0.25, -0.2) is 8.42 Å². The predicted octanol–water partition coefficient (Wildman–Crippen LogP) is -1.33. The normalized spacial score (nSPS) is 26.5. The summed E-state index contributed by atoms with van der Waals surface area (Å²) < 4.78 is 21.8. The molecule has 1 saturated heterocycles. The Bertz CT molecular complexity index is 233. The van der Waals surface area contributed by atoms with Crippen LogP contribution >= 0.6 is 0 Å². The van der Waals surface area contributed by atoms with Crippen molar-refractivity contribution in [1.29, 1.82) is 0 Å². The molecular formula is C6H14N2O2S. The molecule has 1 rings (SSSR count). The molecule has 0 radical (unpaired) electrons. The van der Waals surface area contributed by atoms with E-state index < -0.39 is 9.84 Å². The summed E-state index contributed by atoms with van der Waals surface area (Å²) in [5.74, 6) is 0.424. The number of hydrogen-bond donors (Lipinski definition) is 1. The number of likely N-dealkylation sites (N-methyl/N-ethyl adjacent to an activating group) is 1. The maximum Gasteiger partial charge on any atom is 0.154 e. The minimum atomic E-state index is -2.77. The molecule has 1 heterocycles. The fraction of sp³-hybridized carbons (Fsp3) is 1.00. The lowest BCUT2D eigenvalue weighted by atomic mass is 10.0. The van der Waals surface area contributed by atoms with Crippen molar-refractivity contribution in [1.82, 2.24) is 4.90 Å². The Morgan fingerprint density at radius 1 is 1.45 bits per heavy atom. The van der Waals surface area contributed by atoms with Crippen LogP contribution < -0.4 is 5.73 Å². The molecule has 11 heavy (non-hydrogen) atoms. The average molecular weight is 178 g/mol. The van der Waals surface area contributed by atoms with Gasteiger partial charge in [-0.2, -0.15) is 0 Å². The molecule has 0 atom stereocenters. The predicted molar refractivity (Wildman–Crippen MR) is 44.1 cm³/mol. The average Bonchev–Trinajstić information content (AvgIpc) is 1.81. The molecule has 66 valence electrons. The van der Waals surface area contributed by atoms with Crippen molar-refractivity contribution < 1.29 is 8.42 Å². The highest BCUT2D eigenvalue weighted by Crippen LogP contribution is 2.26. The van der Waals surface area contributed by atoms with Gasteiger partial charge < -0.3 is 10.6 Å². The van der Waals surface area contributed by atoms with E-state index in [2.05, 4.69) is 0 Å². The summed E-state index contributed by atoms with van der Waals surface area (Å²) in [7, 11) is 0.957. The van der Waals surface area contributed by atoms with Crippen LogP contribution in [0.4, 0.5) is 0 Å². The van der Waals surface area contributed by atoms with E-state index in [1.807, 2.05) is 19.0 Å². The van der Waals surface area contributed by atoms with E-state index in [4.69, 9.17) is 5.73 Å². The zero-order valence-electron chi connectivity index (χ0n) is 6.87. The van der Waals surface area contributed by atoms with Crippen molar-refractivity contribution >= 4 is 9.84 Å². The summed E-state index contributed by atoms with van der Waals surface area (Å²) in [6.45, 7) is 0.416. The Kier molecular flexibility index (Phi) is 1.98. The van der Waals surface area contributed by atoms with E-state index >= 15 is 0 Å². The molecule has 0 spiro atoms. The first-order valence-electron chi connectivity index (χ1n) is 3.50. The Labute approximate surface area is 67.3 Å². The van der Waals surface area contributed by atoms with Gasteiger partial charge in [0.2, 0.25) is 0 Å². The Morgan fingerprint density at radius 3 is 2.00 bits per heavy atom. The largest absolute Gasteiger partial charge is 0.329 e. The van der Waals surface area contributed by atoms with Gasteiger partial charge in [-0.15, -0.1) is 0 Å². The van der Waals surface area contributed by atoms with Crippen LogP contribution in [0, 0.1) is 0 Å². The molecule has 0 aliphatic carbocycles. The zero-order valence-corrected chi connectivity index (χ0v) is 7.69. The molecule has 0 saturated carbocycles. The molecular weight excluding hydrogens is 164 g/mol. The SMILES string of the molecule is CN(C)C1(CN)CS(=O)(=O)C1. The van der Waals surface area contributed by atoms with Crippen LogP contribution in [0.5, 0.6) is 0 Å². The van der Waals surface area contributed by atoms with E-state index in [0.29, 0.717) is 6.54 Å². The highest BCUT2D eigenvalue weighted by molar-refractivity contribution is 7.93. The molecule has 0 unspecified atom stereocenters. The molecule has 1 aliphatic rings. The van der Waals surface area contributed by atoms with E-state index in [-0.39, 0.29) is 17.0 Å². The van der Waals surface area contributed by atoms with Crippen LogP contribution in [0.2, 0.25) is 0 Å². The standard InChI is InChI=1S/C6H14N2O2S/c1-8(2)6(3-7)4-11(9,10)5-6/h3-5,7H2,1-2H3. The van der Waals surface area contributed by atoms with Gasteiger partial charge in [0.25, 0.3) is 0 Å². The fourth-order valence-electron chi connectivity index (χ4n) is 1.34.